The highest BCUT2D eigenvalue weighted by molar-refractivity contribution is 7.93. The van der Waals surface area contributed by atoms with Gasteiger partial charge in [0.15, 0.2) is 0 Å². The largest absolute Gasteiger partial charge is 0.323 e. The molecule has 0 saturated carbocycles. The van der Waals surface area contributed by atoms with Crippen LogP contribution in [0, 0.1) is 20.2 Å². The molecule has 0 aliphatic carbocycles. The first-order valence-electron chi connectivity index (χ1n) is 15.1. The van der Waals surface area contributed by atoms with Crippen LogP contribution in [0.15, 0.2) is 143 Å². The van der Waals surface area contributed by atoms with Crippen LogP contribution in [0.2, 0.25) is 0 Å². The number of amides is 2. The summed E-state index contributed by atoms with van der Waals surface area (Å²) in [6.45, 7) is -1.55. The summed E-state index contributed by atoms with van der Waals surface area (Å²) in [4.78, 5) is 47.7. The van der Waals surface area contributed by atoms with Gasteiger partial charge in [0.2, 0.25) is 11.8 Å². The predicted molar refractivity (Wildman–Crippen MR) is 192 cm³/mol. The molecule has 0 spiro atoms. The number of carbonyl (C=O) groups excluding carboxylic acids is 2. The highest BCUT2D eigenvalue weighted by atomic mass is 32.2. The highest BCUT2D eigenvalue weighted by Gasteiger charge is 2.30. The normalized spacial score (nSPS) is 11.2. The van der Waals surface area contributed by atoms with E-state index >= 15 is 0 Å². The molecule has 0 saturated heterocycles. The molecule has 0 aromatic heterocycles. The number of rotatable bonds is 14. The van der Waals surface area contributed by atoms with E-state index in [-0.39, 0.29) is 43.9 Å². The fourth-order valence-electron chi connectivity index (χ4n) is 4.89. The van der Waals surface area contributed by atoms with E-state index in [4.69, 9.17) is 0 Å². The second kappa shape index (κ2) is 15.5. The van der Waals surface area contributed by atoms with Crippen molar-refractivity contribution in [3.63, 3.8) is 0 Å². The molecule has 5 aromatic carbocycles. The van der Waals surface area contributed by atoms with Crippen molar-refractivity contribution in [2.75, 3.05) is 32.3 Å². The van der Waals surface area contributed by atoms with Gasteiger partial charge in [-0.2, -0.15) is 0 Å². The van der Waals surface area contributed by atoms with Crippen molar-refractivity contribution in [3.05, 3.63) is 154 Å². The third-order valence-corrected chi connectivity index (χ3v) is 11.0. The van der Waals surface area contributed by atoms with Crippen LogP contribution in [0.3, 0.4) is 0 Å². The summed E-state index contributed by atoms with van der Waals surface area (Å²) in [6.07, 6.45) is 0. The number of nitro benzene ring substituents is 2. The van der Waals surface area contributed by atoms with Gasteiger partial charge in [0.05, 0.1) is 42.4 Å². The number of benzene rings is 5. The minimum absolute atomic E-state index is 0.0304. The van der Waals surface area contributed by atoms with Crippen molar-refractivity contribution >= 4 is 66.0 Å². The lowest BCUT2D eigenvalue weighted by Gasteiger charge is -2.25. The van der Waals surface area contributed by atoms with Crippen molar-refractivity contribution in [1.29, 1.82) is 0 Å². The molecule has 5 rings (SSSR count). The van der Waals surface area contributed by atoms with Crippen LogP contribution < -0.4 is 19.2 Å². The van der Waals surface area contributed by atoms with Gasteiger partial charge in [-0.25, -0.2) is 16.8 Å². The lowest BCUT2D eigenvalue weighted by Crippen LogP contribution is -2.39. The Morgan fingerprint density at radius 1 is 0.500 bits per heavy atom. The van der Waals surface area contributed by atoms with Crippen molar-refractivity contribution < 1.29 is 36.3 Å². The van der Waals surface area contributed by atoms with Gasteiger partial charge in [-0.1, -0.05) is 48.5 Å². The van der Waals surface area contributed by atoms with Gasteiger partial charge in [-0.3, -0.25) is 38.4 Å². The van der Waals surface area contributed by atoms with Crippen molar-refractivity contribution in [2.45, 2.75) is 9.79 Å². The molecule has 18 heteroatoms. The van der Waals surface area contributed by atoms with Gasteiger partial charge in [-0.15, -0.1) is 0 Å². The van der Waals surface area contributed by atoms with Gasteiger partial charge in [-0.05, 0) is 60.7 Å². The van der Waals surface area contributed by atoms with Gasteiger partial charge >= 0.3 is 0 Å². The average molecular weight is 745 g/mol. The Balaban J connectivity index is 1.39. The maximum Gasteiger partial charge on any atom is 0.269 e. The summed E-state index contributed by atoms with van der Waals surface area (Å²) in [5.41, 5.74) is -0.574. The first kappa shape index (κ1) is 36.6. The van der Waals surface area contributed by atoms with Crippen LogP contribution in [0.1, 0.15) is 0 Å². The number of hydrogen-bond donors (Lipinski definition) is 2. The zero-order valence-electron chi connectivity index (χ0n) is 26.8. The first-order valence-corrected chi connectivity index (χ1v) is 18.0. The Morgan fingerprint density at radius 2 is 0.808 bits per heavy atom. The number of hydrogen-bond acceptors (Lipinski definition) is 10. The monoisotopic (exact) mass is 744 g/mol. The van der Waals surface area contributed by atoms with Crippen LogP contribution in [0.5, 0.6) is 0 Å². The van der Waals surface area contributed by atoms with Gasteiger partial charge < -0.3 is 10.6 Å². The van der Waals surface area contributed by atoms with E-state index in [1.165, 1.54) is 97.1 Å². The number of nitrogens with one attached hydrogen (secondary N) is 2. The molecule has 0 heterocycles. The Labute approximate surface area is 297 Å². The zero-order valence-corrected chi connectivity index (χ0v) is 28.4. The molecule has 0 unspecified atom stereocenters. The third-order valence-electron chi connectivity index (χ3n) is 7.41. The molecular weight excluding hydrogens is 717 g/mol. The minimum Gasteiger partial charge on any atom is -0.323 e. The number of anilines is 4. The number of nitro groups is 2. The van der Waals surface area contributed by atoms with Crippen molar-refractivity contribution in [1.82, 2.24) is 0 Å². The van der Waals surface area contributed by atoms with E-state index in [1.807, 2.05) is 0 Å². The van der Waals surface area contributed by atoms with Crippen LogP contribution >= 0.6 is 0 Å². The summed E-state index contributed by atoms with van der Waals surface area (Å²) in [5.74, 6) is -1.70. The number of nitrogens with zero attached hydrogens (tertiary/aromatic N) is 4. The molecule has 266 valence electrons. The van der Waals surface area contributed by atoms with Gasteiger partial charge in [0.25, 0.3) is 31.4 Å². The molecule has 0 bridgehead atoms. The molecule has 52 heavy (non-hydrogen) atoms. The van der Waals surface area contributed by atoms with E-state index in [0.717, 1.165) is 32.9 Å². The van der Waals surface area contributed by atoms with Crippen LogP contribution in [0.25, 0.3) is 0 Å². The second-order valence-electron chi connectivity index (χ2n) is 10.8. The SMILES string of the molecule is O=C(CN(c1ccc([N+](=O)[O-])cc1)S(=O)(=O)c1ccccc1)Nc1ccccc1NC(=O)CN(c1ccc([N+](=O)[O-])cc1)S(=O)(=O)c1ccccc1. The van der Waals surface area contributed by atoms with Gasteiger partial charge in [0, 0.05) is 24.3 Å². The average Bonchev–Trinajstić information content (AvgIpc) is 3.14. The summed E-state index contributed by atoms with van der Waals surface area (Å²) < 4.78 is 56.3. The zero-order chi connectivity index (χ0) is 37.5. The second-order valence-corrected chi connectivity index (χ2v) is 14.6. The molecule has 0 fully saturated rings. The summed E-state index contributed by atoms with van der Waals surface area (Å²) in [5, 5.41) is 27.5. The summed E-state index contributed by atoms with van der Waals surface area (Å²) >= 11 is 0. The molecular formula is C34H28N6O10S2. The highest BCUT2D eigenvalue weighted by Crippen LogP contribution is 2.29. The molecule has 0 radical (unpaired) electrons. The van der Waals surface area contributed by atoms with Crippen LogP contribution in [-0.2, 0) is 29.6 Å². The van der Waals surface area contributed by atoms with E-state index in [1.54, 1.807) is 12.1 Å². The molecule has 0 aliphatic heterocycles. The van der Waals surface area contributed by atoms with E-state index < -0.39 is 54.8 Å². The van der Waals surface area contributed by atoms with Crippen molar-refractivity contribution in [3.8, 4) is 0 Å². The third kappa shape index (κ3) is 8.37. The Kier molecular flexibility index (Phi) is 10.9. The molecule has 2 amide bonds. The quantitative estimate of drug-likeness (QED) is 0.112. The van der Waals surface area contributed by atoms with Crippen LogP contribution in [-0.4, -0.2) is 51.6 Å². The molecule has 0 aliphatic rings. The Morgan fingerprint density at radius 3 is 1.12 bits per heavy atom. The van der Waals surface area contributed by atoms with E-state index in [9.17, 15) is 46.7 Å². The summed E-state index contributed by atoms with van der Waals surface area (Å²) in [6, 6.07) is 29.6. The van der Waals surface area contributed by atoms with Crippen molar-refractivity contribution in [2.24, 2.45) is 0 Å². The lowest BCUT2D eigenvalue weighted by molar-refractivity contribution is -0.385. The Hall–Kier alpha value is -6.66. The number of carbonyl (C=O) groups is 2. The molecule has 5 aromatic rings. The fourth-order valence-corrected chi connectivity index (χ4v) is 7.78. The molecule has 0 atom stereocenters. The number of para-hydroxylation sites is 2. The first-order chi connectivity index (χ1) is 24.8. The minimum atomic E-state index is -4.35. The van der Waals surface area contributed by atoms with E-state index in [2.05, 4.69) is 10.6 Å². The maximum atomic E-state index is 13.7. The smallest absolute Gasteiger partial charge is 0.269 e. The van der Waals surface area contributed by atoms with Crippen LogP contribution in [0.4, 0.5) is 34.1 Å². The Bertz CT molecular complexity index is 2160. The van der Waals surface area contributed by atoms with E-state index in [0.29, 0.717) is 0 Å². The number of non-ortho nitro benzene ring substituents is 2. The molecule has 2 N–H and O–H groups in total. The van der Waals surface area contributed by atoms with Gasteiger partial charge in [0.1, 0.15) is 13.1 Å². The number of sulfonamides is 2. The summed E-state index contributed by atoms with van der Waals surface area (Å²) in [7, 11) is -8.71. The predicted octanol–water partition coefficient (Wildman–Crippen LogP) is 5.17. The maximum absolute atomic E-state index is 13.7. The standard InChI is InChI=1S/C34H28N6O10S2/c41-33(23-37(25-15-19-27(20-16-25)39(43)44)51(47,48)29-9-3-1-4-10-29)35-31-13-7-8-14-32(31)36-34(42)24-38(26-17-21-28(22-18-26)40(45)46)52(49,50)30-11-5-2-6-12-30/h1-22H,23-24H2,(H,35,41)(H,36,42). The lowest BCUT2D eigenvalue weighted by atomic mass is 10.2. The molecule has 16 nitrogen and oxygen atoms in total. The fraction of sp³-hybridized carbons (Fsp3) is 0.0588. The topological polar surface area (TPSA) is 219 Å².